The van der Waals surface area contributed by atoms with Crippen molar-refractivity contribution in [1.29, 1.82) is 0 Å². The van der Waals surface area contributed by atoms with Crippen LogP contribution in [-0.2, 0) is 28.6 Å². The summed E-state index contributed by atoms with van der Waals surface area (Å²) >= 11 is 0. The number of allylic oxidation sites excluding steroid dienone is 1. The van der Waals surface area contributed by atoms with Gasteiger partial charge in [0.2, 0.25) is 0 Å². The molecule has 0 aromatic carbocycles. The van der Waals surface area contributed by atoms with Gasteiger partial charge in [0.1, 0.15) is 12.2 Å². The Morgan fingerprint density at radius 1 is 1.18 bits per heavy atom. The lowest BCUT2D eigenvalue weighted by Crippen LogP contribution is -2.67. The molecule has 1 saturated carbocycles. The van der Waals surface area contributed by atoms with E-state index < -0.39 is 40.3 Å². The zero-order valence-corrected chi connectivity index (χ0v) is 20.1. The average Bonchev–Trinajstić information content (AvgIpc) is 3.55. The highest BCUT2D eigenvalue weighted by molar-refractivity contribution is 6.00. The molecular formula is C27H30O7. The predicted octanol–water partition coefficient (Wildman–Crippen LogP) is 3.60. The molecule has 7 nitrogen and oxygen atoms in total. The summed E-state index contributed by atoms with van der Waals surface area (Å²) in [6.07, 6.45) is 7.66. The highest BCUT2D eigenvalue weighted by Gasteiger charge is 2.78. The first-order chi connectivity index (χ1) is 16.1. The lowest BCUT2D eigenvalue weighted by Gasteiger charge is -2.60. The van der Waals surface area contributed by atoms with Crippen molar-refractivity contribution in [2.75, 3.05) is 7.11 Å². The van der Waals surface area contributed by atoms with Gasteiger partial charge in [-0.05, 0) is 37.5 Å². The van der Waals surface area contributed by atoms with Crippen molar-refractivity contribution in [3.05, 3.63) is 48.0 Å². The van der Waals surface area contributed by atoms with Gasteiger partial charge in [0, 0.05) is 35.0 Å². The number of methoxy groups -OCH3 is 1. The van der Waals surface area contributed by atoms with E-state index in [-0.39, 0.29) is 42.1 Å². The minimum atomic E-state index is -0.980. The van der Waals surface area contributed by atoms with Gasteiger partial charge in [0.05, 0.1) is 31.2 Å². The average molecular weight is 467 g/mol. The fourth-order valence-corrected chi connectivity index (χ4v) is 8.50. The third-order valence-corrected chi connectivity index (χ3v) is 9.92. The van der Waals surface area contributed by atoms with Crippen molar-refractivity contribution in [1.82, 2.24) is 0 Å². The van der Waals surface area contributed by atoms with Gasteiger partial charge < -0.3 is 18.6 Å². The summed E-state index contributed by atoms with van der Waals surface area (Å²) < 4.78 is 23.4. The molecule has 0 radical (unpaired) electrons. The van der Waals surface area contributed by atoms with E-state index in [1.165, 1.54) is 13.2 Å². The molecule has 2 aliphatic heterocycles. The molecule has 0 unspecified atom stereocenters. The van der Waals surface area contributed by atoms with Crippen LogP contribution in [0.3, 0.4) is 0 Å². The second-order valence-electron chi connectivity index (χ2n) is 11.3. The Hall–Kier alpha value is -2.67. The van der Waals surface area contributed by atoms with Crippen molar-refractivity contribution in [2.24, 2.45) is 34.0 Å². The molecule has 3 aliphatic carbocycles. The molecule has 3 fully saturated rings. The third kappa shape index (κ3) is 2.34. The summed E-state index contributed by atoms with van der Waals surface area (Å²) in [7, 11) is 1.37. The molecule has 3 heterocycles. The Morgan fingerprint density at radius 2 is 1.94 bits per heavy atom. The van der Waals surface area contributed by atoms with Crippen LogP contribution >= 0.6 is 0 Å². The SMILES string of the molecule is COC(=O)C[C@@H]1[C@]2(C)C(=O)C=C[C@]3(C)C(=O)O[C@H]([C@H]23)[C@@H]2O[C@@H]3[C@H](c4ccoc4)C=C(C)[C@@H]3[C@]12C. The van der Waals surface area contributed by atoms with E-state index in [1.54, 1.807) is 18.6 Å². The molecule has 5 aliphatic rings. The molecule has 10 atom stereocenters. The molecule has 6 rings (SSSR count). The van der Waals surface area contributed by atoms with Crippen molar-refractivity contribution in [3.8, 4) is 0 Å². The number of ketones is 1. The molecular weight excluding hydrogens is 436 g/mol. The van der Waals surface area contributed by atoms with Gasteiger partial charge in [-0.3, -0.25) is 14.4 Å². The molecule has 0 amide bonds. The molecule has 1 aromatic heterocycles. The van der Waals surface area contributed by atoms with Crippen LogP contribution < -0.4 is 0 Å². The number of rotatable bonds is 3. The fraction of sp³-hybridized carbons (Fsp3) is 0.593. The number of hydrogen-bond donors (Lipinski definition) is 0. The van der Waals surface area contributed by atoms with Crippen molar-refractivity contribution >= 4 is 17.7 Å². The van der Waals surface area contributed by atoms with Gasteiger partial charge in [0.15, 0.2) is 5.78 Å². The second-order valence-corrected chi connectivity index (χ2v) is 11.3. The Bertz CT molecular complexity index is 1150. The Kier molecular flexibility index (Phi) is 4.31. The van der Waals surface area contributed by atoms with E-state index in [0.717, 1.165) is 11.1 Å². The summed E-state index contributed by atoms with van der Waals surface area (Å²) in [5.74, 6) is -1.65. The first-order valence-electron chi connectivity index (χ1n) is 12.0. The molecule has 7 heteroatoms. The summed E-state index contributed by atoms with van der Waals surface area (Å²) in [6, 6.07) is 1.94. The Labute approximate surface area is 198 Å². The van der Waals surface area contributed by atoms with Gasteiger partial charge >= 0.3 is 11.9 Å². The van der Waals surface area contributed by atoms with Gasteiger partial charge in [0.25, 0.3) is 0 Å². The summed E-state index contributed by atoms with van der Waals surface area (Å²) in [4.78, 5) is 39.7. The Morgan fingerprint density at radius 3 is 2.62 bits per heavy atom. The first-order valence-corrected chi connectivity index (χ1v) is 12.0. The quantitative estimate of drug-likeness (QED) is 0.496. The van der Waals surface area contributed by atoms with Crippen LogP contribution in [0.25, 0.3) is 0 Å². The van der Waals surface area contributed by atoms with Crippen molar-refractivity contribution in [3.63, 3.8) is 0 Å². The van der Waals surface area contributed by atoms with Crippen molar-refractivity contribution in [2.45, 2.75) is 58.3 Å². The number of fused-ring (bicyclic) bond motifs is 4. The normalized spacial score (nSPS) is 48.1. The number of ether oxygens (including phenoxy) is 3. The van der Waals surface area contributed by atoms with E-state index in [1.807, 2.05) is 19.9 Å². The second kappa shape index (κ2) is 6.72. The van der Waals surface area contributed by atoms with Crippen LogP contribution in [0.1, 0.15) is 45.6 Å². The van der Waals surface area contributed by atoms with E-state index in [2.05, 4.69) is 19.9 Å². The van der Waals surface area contributed by atoms with Gasteiger partial charge in [-0.1, -0.05) is 31.6 Å². The molecule has 0 N–H and O–H groups in total. The predicted molar refractivity (Wildman–Crippen MR) is 119 cm³/mol. The maximum absolute atomic E-state index is 13.7. The van der Waals surface area contributed by atoms with Crippen LogP contribution in [0.4, 0.5) is 0 Å². The van der Waals surface area contributed by atoms with E-state index in [4.69, 9.17) is 18.6 Å². The molecule has 0 bridgehead atoms. The van der Waals surface area contributed by atoms with Gasteiger partial charge in [-0.25, -0.2) is 0 Å². The zero-order chi connectivity index (χ0) is 24.2. The zero-order valence-electron chi connectivity index (χ0n) is 20.1. The summed E-state index contributed by atoms with van der Waals surface area (Å²) in [6.45, 7) is 7.96. The van der Waals surface area contributed by atoms with Crippen LogP contribution in [0.5, 0.6) is 0 Å². The molecule has 34 heavy (non-hydrogen) atoms. The first kappa shape index (κ1) is 21.8. The smallest absolute Gasteiger partial charge is 0.316 e. The van der Waals surface area contributed by atoms with Crippen molar-refractivity contribution < 1.29 is 33.0 Å². The van der Waals surface area contributed by atoms with E-state index in [9.17, 15) is 14.4 Å². The number of carbonyl (C=O) groups excluding carboxylic acids is 3. The minimum absolute atomic E-state index is 0.0166. The molecule has 2 saturated heterocycles. The third-order valence-electron chi connectivity index (χ3n) is 9.92. The number of carbonyl (C=O) groups is 3. The minimum Gasteiger partial charge on any atom is -0.472 e. The maximum Gasteiger partial charge on any atom is 0.316 e. The van der Waals surface area contributed by atoms with Crippen LogP contribution in [0.2, 0.25) is 0 Å². The lowest BCUT2D eigenvalue weighted by molar-refractivity contribution is -0.194. The standard InChI is InChI=1S/C27H30O7/c1-13-10-15(14-7-9-32-12-14)20-19(13)27(4)16(11-18(29)31-5)26(3)17(28)6-8-25(2)22(26)21(23(27)33-20)34-24(25)30/h6-10,12,15-16,19-23H,11H2,1-5H3/t15-,16+,19-,20+,21+,22-,23-,25-,26+,27-/m0/s1. The van der Waals surface area contributed by atoms with E-state index in [0.29, 0.717) is 0 Å². The van der Waals surface area contributed by atoms with Crippen LogP contribution in [0.15, 0.2) is 46.8 Å². The lowest BCUT2D eigenvalue weighted by atomic mass is 9.41. The molecule has 180 valence electrons. The topological polar surface area (TPSA) is 92.0 Å². The summed E-state index contributed by atoms with van der Waals surface area (Å²) in [5.41, 5.74) is -0.372. The molecule has 1 aromatic rings. The molecule has 0 spiro atoms. The van der Waals surface area contributed by atoms with Gasteiger partial charge in [-0.15, -0.1) is 0 Å². The van der Waals surface area contributed by atoms with E-state index >= 15 is 0 Å². The van der Waals surface area contributed by atoms with Crippen LogP contribution in [0, 0.1) is 34.0 Å². The summed E-state index contributed by atoms with van der Waals surface area (Å²) in [5, 5.41) is 0. The Balaban J connectivity index is 1.55. The largest absolute Gasteiger partial charge is 0.472 e. The number of hydrogen-bond acceptors (Lipinski definition) is 7. The van der Waals surface area contributed by atoms with Gasteiger partial charge in [-0.2, -0.15) is 0 Å². The monoisotopic (exact) mass is 466 g/mol. The van der Waals surface area contributed by atoms with Crippen LogP contribution in [-0.4, -0.2) is 43.1 Å². The number of esters is 2. The fourth-order valence-electron chi connectivity index (χ4n) is 8.50. The highest BCUT2D eigenvalue weighted by Crippen LogP contribution is 2.72. The number of furan rings is 1. The highest BCUT2D eigenvalue weighted by atomic mass is 16.6. The maximum atomic E-state index is 13.7.